The van der Waals surface area contributed by atoms with Gasteiger partial charge in [0, 0.05) is 30.1 Å². The minimum atomic E-state index is -0.161. The van der Waals surface area contributed by atoms with Crippen LogP contribution in [0, 0.1) is 0 Å². The second-order valence-corrected chi connectivity index (χ2v) is 4.32. The molecule has 1 heterocycles. The second-order valence-electron chi connectivity index (χ2n) is 4.32. The summed E-state index contributed by atoms with van der Waals surface area (Å²) >= 11 is 0. The summed E-state index contributed by atoms with van der Waals surface area (Å²) in [5.74, 6) is -0.161. The van der Waals surface area contributed by atoms with Gasteiger partial charge in [0.2, 0.25) is 0 Å². The van der Waals surface area contributed by atoms with E-state index < -0.39 is 0 Å². The maximum atomic E-state index is 12.1. The standard InChI is InChI=1S/C15H13N3O2/c1-16-11-4-2-10(3-5-11)15(19)18-12-6-7-13-14(8-12)20-9-17-13/h2-9,16H,1H3,(H,18,19). The van der Waals surface area contributed by atoms with Crippen LogP contribution in [0.1, 0.15) is 10.4 Å². The third-order valence-corrected chi connectivity index (χ3v) is 3.02. The Bertz CT molecular complexity index is 747. The van der Waals surface area contributed by atoms with Crippen molar-refractivity contribution >= 4 is 28.4 Å². The lowest BCUT2D eigenvalue weighted by atomic mass is 10.2. The number of rotatable bonds is 3. The smallest absolute Gasteiger partial charge is 0.255 e. The van der Waals surface area contributed by atoms with Crippen LogP contribution in [0.25, 0.3) is 11.1 Å². The lowest BCUT2D eigenvalue weighted by Gasteiger charge is -2.06. The molecule has 1 aromatic heterocycles. The Balaban J connectivity index is 1.80. The van der Waals surface area contributed by atoms with Gasteiger partial charge in [0.25, 0.3) is 5.91 Å². The molecule has 0 bridgehead atoms. The predicted molar refractivity (Wildman–Crippen MR) is 78.0 cm³/mol. The van der Waals surface area contributed by atoms with Gasteiger partial charge in [0.05, 0.1) is 0 Å². The fourth-order valence-electron chi connectivity index (χ4n) is 1.92. The van der Waals surface area contributed by atoms with Gasteiger partial charge in [-0.3, -0.25) is 4.79 Å². The summed E-state index contributed by atoms with van der Waals surface area (Å²) < 4.78 is 5.21. The van der Waals surface area contributed by atoms with E-state index >= 15 is 0 Å². The molecule has 0 aliphatic rings. The molecule has 0 unspecified atom stereocenters. The number of nitrogens with zero attached hydrogens (tertiary/aromatic N) is 1. The summed E-state index contributed by atoms with van der Waals surface area (Å²) in [5, 5.41) is 5.84. The third-order valence-electron chi connectivity index (χ3n) is 3.02. The van der Waals surface area contributed by atoms with Crippen molar-refractivity contribution in [3.05, 3.63) is 54.4 Å². The zero-order valence-electron chi connectivity index (χ0n) is 10.9. The molecule has 0 fully saturated rings. The van der Waals surface area contributed by atoms with Gasteiger partial charge in [0.1, 0.15) is 5.52 Å². The van der Waals surface area contributed by atoms with Gasteiger partial charge in [0.15, 0.2) is 12.0 Å². The first kappa shape index (κ1) is 12.2. The number of anilines is 2. The third kappa shape index (κ3) is 2.33. The van der Waals surface area contributed by atoms with E-state index in [1.54, 1.807) is 30.3 Å². The predicted octanol–water partition coefficient (Wildman–Crippen LogP) is 3.12. The molecule has 0 atom stereocenters. The van der Waals surface area contributed by atoms with E-state index in [1.165, 1.54) is 6.39 Å². The Morgan fingerprint density at radius 1 is 1.10 bits per heavy atom. The Morgan fingerprint density at radius 3 is 2.60 bits per heavy atom. The highest BCUT2D eigenvalue weighted by Crippen LogP contribution is 2.18. The summed E-state index contributed by atoms with van der Waals surface area (Å²) in [6, 6.07) is 12.6. The molecule has 2 N–H and O–H groups in total. The van der Waals surface area contributed by atoms with Crippen molar-refractivity contribution in [2.45, 2.75) is 0 Å². The summed E-state index contributed by atoms with van der Waals surface area (Å²) in [5.41, 5.74) is 3.65. The maximum absolute atomic E-state index is 12.1. The Morgan fingerprint density at radius 2 is 1.85 bits per heavy atom. The number of carbonyl (C=O) groups excluding carboxylic acids is 1. The van der Waals surface area contributed by atoms with Crippen LogP contribution in [-0.4, -0.2) is 17.9 Å². The van der Waals surface area contributed by atoms with E-state index in [0.29, 0.717) is 16.8 Å². The highest BCUT2D eigenvalue weighted by Gasteiger charge is 2.07. The van der Waals surface area contributed by atoms with Crippen molar-refractivity contribution in [3.8, 4) is 0 Å². The van der Waals surface area contributed by atoms with Crippen LogP contribution in [0.2, 0.25) is 0 Å². The number of nitrogens with one attached hydrogen (secondary N) is 2. The second kappa shape index (κ2) is 5.05. The Labute approximate surface area is 115 Å². The fraction of sp³-hybridized carbons (Fsp3) is 0.0667. The molecule has 0 saturated heterocycles. The first-order chi connectivity index (χ1) is 9.76. The van der Waals surface area contributed by atoms with Crippen molar-refractivity contribution in [1.29, 1.82) is 0 Å². The lowest BCUT2D eigenvalue weighted by Crippen LogP contribution is -2.11. The van der Waals surface area contributed by atoms with E-state index in [2.05, 4.69) is 15.6 Å². The summed E-state index contributed by atoms with van der Waals surface area (Å²) in [4.78, 5) is 16.1. The normalized spacial score (nSPS) is 10.4. The summed E-state index contributed by atoms with van der Waals surface area (Å²) in [6.45, 7) is 0. The van der Waals surface area contributed by atoms with E-state index in [4.69, 9.17) is 4.42 Å². The molecular weight excluding hydrogens is 254 g/mol. The van der Waals surface area contributed by atoms with Crippen molar-refractivity contribution < 1.29 is 9.21 Å². The largest absolute Gasteiger partial charge is 0.443 e. The van der Waals surface area contributed by atoms with Gasteiger partial charge in [-0.1, -0.05) is 0 Å². The molecule has 0 radical (unpaired) electrons. The van der Waals surface area contributed by atoms with Gasteiger partial charge in [-0.05, 0) is 36.4 Å². The zero-order valence-corrected chi connectivity index (χ0v) is 10.9. The minimum Gasteiger partial charge on any atom is -0.443 e. The number of aromatic nitrogens is 1. The molecule has 20 heavy (non-hydrogen) atoms. The molecule has 5 nitrogen and oxygen atoms in total. The Hall–Kier alpha value is -2.82. The molecule has 100 valence electrons. The van der Waals surface area contributed by atoms with Gasteiger partial charge in [-0.15, -0.1) is 0 Å². The zero-order chi connectivity index (χ0) is 13.9. The van der Waals surface area contributed by atoms with Gasteiger partial charge < -0.3 is 15.1 Å². The monoisotopic (exact) mass is 267 g/mol. The molecule has 5 heteroatoms. The van der Waals surface area contributed by atoms with Crippen LogP contribution in [0.15, 0.2) is 53.3 Å². The van der Waals surface area contributed by atoms with Crippen molar-refractivity contribution in [3.63, 3.8) is 0 Å². The Kier molecular flexibility index (Phi) is 3.09. The van der Waals surface area contributed by atoms with Crippen molar-refractivity contribution in [2.75, 3.05) is 17.7 Å². The average Bonchev–Trinajstić information content (AvgIpc) is 2.95. The molecule has 3 rings (SSSR count). The summed E-state index contributed by atoms with van der Waals surface area (Å²) in [6.07, 6.45) is 1.38. The maximum Gasteiger partial charge on any atom is 0.255 e. The van der Waals surface area contributed by atoms with Crippen LogP contribution in [0.5, 0.6) is 0 Å². The molecule has 3 aromatic rings. The van der Waals surface area contributed by atoms with Crippen LogP contribution < -0.4 is 10.6 Å². The fourth-order valence-corrected chi connectivity index (χ4v) is 1.92. The number of hydrogen-bond donors (Lipinski definition) is 2. The van der Waals surface area contributed by atoms with E-state index in [9.17, 15) is 4.79 Å². The number of amides is 1. The highest BCUT2D eigenvalue weighted by atomic mass is 16.3. The molecule has 0 saturated carbocycles. The number of fused-ring (bicyclic) bond motifs is 1. The molecule has 2 aromatic carbocycles. The number of carbonyl (C=O) groups is 1. The average molecular weight is 267 g/mol. The van der Waals surface area contributed by atoms with Crippen LogP contribution in [-0.2, 0) is 0 Å². The molecule has 1 amide bonds. The quantitative estimate of drug-likeness (QED) is 0.765. The molecule has 0 spiro atoms. The van der Waals surface area contributed by atoms with E-state index in [0.717, 1.165) is 11.2 Å². The SMILES string of the molecule is CNc1ccc(C(=O)Nc2ccc3ncoc3c2)cc1. The van der Waals surface area contributed by atoms with E-state index in [1.807, 2.05) is 19.2 Å². The molecule has 0 aliphatic carbocycles. The number of hydrogen-bond acceptors (Lipinski definition) is 4. The number of benzene rings is 2. The van der Waals surface area contributed by atoms with Crippen LogP contribution in [0.3, 0.4) is 0 Å². The van der Waals surface area contributed by atoms with Crippen LogP contribution >= 0.6 is 0 Å². The van der Waals surface area contributed by atoms with Gasteiger partial charge in [-0.25, -0.2) is 4.98 Å². The number of oxazole rings is 1. The lowest BCUT2D eigenvalue weighted by molar-refractivity contribution is 0.102. The summed E-state index contributed by atoms with van der Waals surface area (Å²) in [7, 11) is 1.84. The minimum absolute atomic E-state index is 0.161. The van der Waals surface area contributed by atoms with Crippen molar-refractivity contribution in [1.82, 2.24) is 4.98 Å². The van der Waals surface area contributed by atoms with Crippen LogP contribution in [0.4, 0.5) is 11.4 Å². The van der Waals surface area contributed by atoms with Gasteiger partial charge in [-0.2, -0.15) is 0 Å². The highest BCUT2D eigenvalue weighted by molar-refractivity contribution is 6.05. The van der Waals surface area contributed by atoms with E-state index in [-0.39, 0.29) is 5.91 Å². The van der Waals surface area contributed by atoms with Gasteiger partial charge >= 0.3 is 0 Å². The van der Waals surface area contributed by atoms with Crippen molar-refractivity contribution in [2.24, 2.45) is 0 Å². The first-order valence-corrected chi connectivity index (χ1v) is 6.19. The molecular formula is C15H13N3O2. The first-order valence-electron chi connectivity index (χ1n) is 6.19. The molecule has 0 aliphatic heterocycles. The topological polar surface area (TPSA) is 67.2 Å².